The van der Waals surface area contributed by atoms with Gasteiger partial charge in [-0.05, 0) is 29.1 Å². The van der Waals surface area contributed by atoms with E-state index in [1.54, 1.807) is 12.3 Å². The Morgan fingerprint density at radius 2 is 2.09 bits per heavy atom. The molecule has 0 aliphatic rings. The fourth-order valence-electron chi connectivity index (χ4n) is 2.18. The Kier molecular flexibility index (Phi) is 3.89. The molecule has 0 saturated carbocycles. The summed E-state index contributed by atoms with van der Waals surface area (Å²) in [5, 5.41) is 5.16. The molecule has 1 amide bonds. The van der Waals surface area contributed by atoms with Gasteiger partial charge in [-0.25, -0.2) is 4.98 Å². The molecule has 0 atom stereocenters. The van der Waals surface area contributed by atoms with Crippen LogP contribution in [0.5, 0.6) is 0 Å². The first-order valence-corrected chi connectivity index (χ1v) is 7.03. The van der Waals surface area contributed by atoms with Gasteiger partial charge in [-0.3, -0.25) is 9.78 Å². The highest BCUT2D eigenvalue weighted by molar-refractivity contribution is 6.30. The van der Waals surface area contributed by atoms with Crippen molar-refractivity contribution in [2.75, 3.05) is 5.73 Å². The van der Waals surface area contributed by atoms with Crippen LogP contribution in [-0.2, 0) is 6.54 Å². The lowest BCUT2D eigenvalue weighted by Gasteiger charge is -2.07. The number of fused-ring (bicyclic) bond motifs is 1. The fourth-order valence-corrected chi connectivity index (χ4v) is 2.36. The maximum Gasteiger partial charge on any atom is 0.253 e. The minimum Gasteiger partial charge on any atom is -0.383 e. The summed E-state index contributed by atoms with van der Waals surface area (Å²) in [6.07, 6.45) is 4.63. The van der Waals surface area contributed by atoms with Crippen LogP contribution in [0.25, 0.3) is 10.8 Å². The molecule has 0 unspecified atom stereocenters. The number of carbonyl (C=O) groups excluding carboxylic acids is 1. The van der Waals surface area contributed by atoms with E-state index in [1.165, 1.54) is 12.4 Å². The number of nitrogen functional groups attached to an aromatic ring is 1. The second kappa shape index (κ2) is 5.99. The van der Waals surface area contributed by atoms with E-state index in [2.05, 4.69) is 15.3 Å². The second-order valence-electron chi connectivity index (χ2n) is 4.83. The molecule has 3 N–H and O–H groups in total. The summed E-state index contributed by atoms with van der Waals surface area (Å²) in [5.41, 5.74) is 7.22. The Balaban J connectivity index is 1.75. The summed E-state index contributed by atoms with van der Waals surface area (Å²) < 4.78 is 0. The number of anilines is 1. The van der Waals surface area contributed by atoms with E-state index in [-0.39, 0.29) is 5.91 Å². The summed E-state index contributed by atoms with van der Waals surface area (Å²) >= 11 is 5.83. The van der Waals surface area contributed by atoms with E-state index in [4.69, 9.17) is 17.3 Å². The minimum atomic E-state index is -0.218. The van der Waals surface area contributed by atoms with Gasteiger partial charge in [-0.15, -0.1) is 0 Å². The van der Waals surface area contributed by atoms with Gasteiger partial charge in [0, 0.05) is 30.5 Å². The molecule has 22 heavy (non-hydrogen) atoms. The van der Waals surface area contributed by atoms with Crippen molar-refractivity contribution in [3.05, 3.63) is 65.1 Å². The van der Waals surface area contributed by atoms with Gasteiger partial charge in [0.25, 0.3) is 5.91 Å². The molecule has 2 heterocycles. The van der Waals surface area contributed by atoms with Crippen molar-refractivity contribution in [2.24, 2.45) is 0 Å². The third kappa shape index (κ3) is 2.99. The van der Waals surface area contributed by atoms with E-state index >= 15 is 0 Å². The number of hydrogen-bond acceptors (Lipinski definition) is 4. The van der Waals surface area contributed by atoms with Crippen LogP contribution in [0.4, 0.5) is 5.82 Å². The first-order chi connectivity index (χ1) is 10.6. The first kappa shape index (κ1) is 14.3. The molecule has 6 heteroatoms. The van der Waals surface area contributed by atoms with Crippen molar-refractivity contribution < 1.29 is 4.79 Å². The zero-order chi connectivity index (χ0) is 15.5. The molecule has 0 radical (unpaired) electrons. The van der Waals surface area contributed by atoms with Crippen molar-refractivity contribution in [1.82, 2.24) is 15.3 Å². The van der Waals surface area contributed by atoms with Crippen LogP contribution >= 0.6 is 11.6 Å². The Bertz CT molecular complexity index is 850. The Hall–Kier alpha value is -2.66. The third-order valence-electron chi connectivity index (χ3n) is 3.28. The summed E-state index contributed by atoms with van der Waals surface area (Å²) in [4.78, 5) is 20.0. The van der Waals surface area contributed by atoms with Crippen LogP contribution < -0.4 is 11.1 Å². The standard InChI is InChI=1S/C16H13ClN4O/c17-13-6-12(8-19-9-13)16(22)21-7-10-1-2-14-11(5-10)3-4-20-15(14)18/h1-6,8-9H,7H2,(H2,18,20)(H,21,22). The first-order valence-electron chi connectivity index (χ1n) is 6.65. The predicted octanol–water partition coefficient (Wildman–Crippen LogP) is 2.80. The molecule has 0 spiro atoms. The molecule has 110 valence electrons. The predicted molar refractivity (Wildman–Crippen MR) is 86.6 cm³/mol. The molecule has 3 rings (SSSR count). The van der Waals surface area contributed by atoms with Gasteiger partial charge in [0.15, 0.2) is 0 Å². The second-order valence-corrected chi connectivity index (χ2v) is 5.26. The quantitative estimate of drug-likeness (QED) is 0.779. The smallest absolute Gasteiger partial charge is 0.253 e. The van der Waals surface area contributed by atoms with Gasteiger partial charge in [0.2, 0.25) is 0 Å². The average Bonchev–Trinajstić information content (AvgIpc) is 2.53. The maximum absolute atomic E-state index is 12.0. The van der Waals surface area contributed by atoms with Gasteiger partial charge < -0.3 is 11.1 Å². The van der Waals surface area contributed by atoms with Gasteiger partial charge in [0.05, 0.1) is 10.6 Å². The molecule has 0 bridgehead atoms. The summed E-state index contributed by atoms with van der Waals surface area (Å²) in [6.45, 7) is 0.406. The third-order valence-corrected chi connectivity index (χ3v) is 3.49. The Morgan fingerprint density at radius 3 is 2.91 bits per heavy atom. The van der Waals surface area contributed by atoms with Crippen molar-refractivity contribution in [3.63, 3.8) is 0 Å². The summed E-state index contributed by atoms with van der Waals surface area (Å²) in [6, 6.07) is 9.26. The highest BCUT2D eigenvalue weighted by Crippen LogP contribution is 2.20. The normalized spacial score (nSPS) is 10.6. The zero-order valence-corrected chi connectivity index (χ0v) is 12.3. The lowest BCUT2D eigenvalue weighted by atomic mass is 10.1. The minimum absolute atomic E-state index is 0.218. The highest BCUT2D eigenvalue weighted by Gasteiger charge is 2.07. The van der Waals surface area contributed by atoms with Gasteiger partial charge in [0.1, 0.15) is 5.82 Å². The number of hydrogen-bond donors (Lipinski definition) is 2. The van der Waals surface area contributed by atoms with Crippen LogP contribution in [0.1, 0.15) is 15.9 Å². The number of benzene rings is 1. The molecule has 0 aliphatic heterocycles. The number of aromatic nitrogens is 2. The van der Waals surface area contributed by atoms with Crippen LogP contribution in [0.3, 0.4) is 0 Å². The van der Waals surface area contributed by atoms with Gasteiger partial charge >= 0.3 is 0 Å². The largest absolute Gasteiger partial charge is 0.383 e. The number of rotatable bonds is 3. The highest BCUT2D eigenvalue weighted by atomic mass is 35.5. The number of pyridine rings is 2. The number of amides is 1. The lowest BCUT2D eigenvalue weighted by Crippen LogP contribution is -2.22. The fraction of sp³-hybridized carbons (Fsp3) is 0.0625. The number of nitrogens with one attached hydrogen (secondary N) is 1. The number of nitrogens with two attached hydrogens (primary N) is 1. The van der Waals surface area contributed by atoms with Crippen LogP contribution in [0.2, 0.25) is 5.02 Å². The zero-order valence-electron chi connectivity index (χ0n) is 11.6. The molecule has 0 aliphatic carbocycles. The van der Waals surface area contributed by atoms with Gasteiger partial charge in [-0.1, -0.05) is 23.7 Å². The Labute approximate surface area is 132 Å². The van der Waals surface area contributed by atoms with Crippen LogP contribution in [-0.4, -0.2) is 15.9 Å². The number of nitrogens with zero attached hydrogens (tertiary/aromatic N) is 2. The lowest BCUT2D eigenvalue weighted by molar-refractivity contribution is 0.0950. The average molecular weight is 313 g/mol. The molecule has 3 aromatic rings. The molecule has 0 fully saturated rings. The van der Waals surface area contributed by atoms with E-state index in [0.29, 0.717) is 22.9 Å². The topological polar surface area (TPSA) is 80.9 Å². The van der Waals surface area contributed by atoms with Crippen molar-refractivity contribution >= 4 is 34.1 Å². The molecular weight excluding hydrogens is 300 g/mol. The van der Waals surface area contributed by atoms with Crippen molar-refractivity contribution in [3.8, 4) is 0 Å². The Morgan fingerprint density at radius 1 is 1.23 bits per heavy atom. The molecule has 0 saturated heterocycles. The maximum atomic E-state index is 12.0. The van der Waals surface area contributed by atoms with Crippen LogP contribution in [0, 0.1) is 0 Å². The van der Waals surface area contributed by atoms with Crippen molar-refractivity contribution in [1.29, 1.82) is 0 Å². The SMILES string of the molecule is Nc1nccc2cc(CNC(=O)c3cncc(Cl)c3)ccc12. The summed E-state index contributed by atoms with van der Waals surface area (Å²) in [7, 11) is 0. The molecular formula is C16H13ClN4O. The van der Waals surface area contributed by atoms with E-state index in [0.717, 1.165) is 16.3 Å². The summed E-state index contributed by atoms with van der Waals surface area (Å²) in [5.74, 6) is 0.280. The molecule has 2 aromatic heterocycles. The van der Waals surface area contributed by atoms with Gasteiger partial charge in [-0.2, -0.15) is 0 Å². The molecule has 5 nitrogen and oxygen atoms in total. The van der Waals surface area contributed by atoms with E-state index < -0.39 is 0 Å². The number of halogens is 1. The van der Waals surface area contributed by atoms with Crippen LogP contribution in [0.15, 0.2) is 48.9 Å². The van der Waals surface area contributed by atoms with Crippen molar-refractivity contribution in [2.45, 2.75) is 6.54 Å². The number of carbonyl (C=O) groups is 1. The van der Waals surface area contributed by atoms with E-state index in [1.807, 2.05) is 24.3 Å². The monoisotopic (exact) mass is 312 g/mol. The van der Waals surface area contributed by atoms with E-state index in [9.17, 15) is 4.79 Å². The molecule has 1 aromatic carbocycles.